The van der Waals surface area contributed by atoms with Crippen molar-refractivity contribution in [3.8, 4) is 6.07 Å². The van der Waals surface area contributed by atoms with Crippen molar-refractivity contribution < 1.29 is 19.1 Å². The summed E-state index contributed by atoms with van der Waals surface area (Å²) in [7, 11) is 1.20. The van der Waals surface area contributed by atoms with E-state index >= 15 is 0 Å². The highest BCUT2D eigenvalue weighted by Crippen LogP contribution is 2.40. The van der Waals surface area contributed by atoms with Gasteiger partial charge >= 0.3 is 5.97 Å². The molecule has 2 aromatic carbocycles. The van der Waals surface area contributed by atoms with Crippen LogP contribution < -0.4 is 10.6 Å². The van der Waals surface area contributed by atoms with Crippen LogP contribution in [0.2, 0.25) is 5.02 Å². The van der Waals surface area contributed by atoms with Crippen LogP contribution in [-0.2, 0) is 19.1 Å². The third-order valence-corrected chi connectivity index (χ3v) is 6.65. The van der Waals surface area contributed by atoms with Gasteiger partial charge in [0.15, 0.2) is 0 Å². The van der Waals surface area contributed by atoms with E-state index in [2.05, 4.69) is 16.7 Å². The highest BCUT2D eigenvalue weighted by molar-refractivity contribution is 8.03. The Hall–Kier alpha value is -3.28. The van der Waals surface area contributed by atoms with Crippen LogP contribution in [0.3, 0.4) is 0 Å². The van der Waals surface area contributed by atoms with Gasteiger partial charge in [-0.15, -0.1) is 0 Å². The van der Waals surface area contributed by atoms with Gasteiger partial charge in [-0.3, -0.25) is 14.4 Å². The molecule has 7 nitrogen and oxygen atoms in total. The molecular formula is C24H22ClN3O4S. The smallest absolute Gasteiger partial charge is 0.319 e. The number of halogens is 1. The molecule has 9 heteroatoms. The second kappa shape index (κ2) is 10.6. The number of carbonyl (C=O) groups excluding carboxylic acids is 3. The number of allylic oxidation sites excluding steroid dienone is 1. The van der Waals surface area contributed by atoms with Crippen molar-refractivity contribution in [1.29, 1.82) is 5.26 Å². The molecule has 0 saturated carbocycles. The van der Waals surface area contributed by atoms with Crippen LogP contribution in [0.5, 0.6) is 0 Å². The molecule has 2 aromatic rings. The number of rotatable bonds is 6. The molecule has 3 rings (SSSR count). The van der Waals surface area contributed by atoms with E-state index in [1.165, 1.54) is 7.11 Å². The van der Waals surface area contributed by atoms with Gasteiger partial charge in [-0.2, -0.15) is 5.26 Å². The highest BCUT2D eigenvalue weighted by atomic mass is 35.5. The molecule has 33 heavy (non-hydrogen) atoms. The van der Waals surface area contributed by atoms with Crippen molar-refractivity contribution in [2.45, 2.75) is 19.8 Å². The molecule has 0 saturated heterocycles. The maximum atomic E-state index is 12.8. The SMILES string of the molecule is COC(=O)C1C(=O)NC(SCC(=O)Nc2ccc(C)c(Cl)c2)=C(C#N)C1c1ccc(C)cc1. The normalized spacial score (nSPS) is 17.7. The lowest BCUT2D eigenvalue weighted by molar-refractivity contribution is -0.150. The van der Waals surface area contributed by atoms with Crippen molar-refractivity contribution in [3.05, 3.63) is 74.8 Å². The molecule has 2 amide bonds. The van der Waals surface area contributed by atoms with Crippen LogP contribution in [0, 0.1) is 31.1 Å². The average Bonchev–Trinajstić information content (AvgIpc) is 2.79. The standard InChI is InChI=1S/C24H22ClN3O4S/c1-13-4-7-15(8-5-13)20-17(11-26)23(28-22(30)21(20)24(31)32-3)33-12-19(29)27-16-9-6-14(2)18(25)10-16/h4-10,20-21H,12H2,1-3H3,(H,27,29)(H,28,30). The number of nitrogens with one attached hydrogen (secondary N) is 2. The number of nitriles is 1. The average molecular weight is 484 g/mol. The summed E-state index contributed by atoms with van der Waals surface area (Å²) in [6.07, 6.45) is 0. The second-order valence-corrected chi connectivity index (χ2v) is 8.93. The summed E-state index contributed by atoms with van der Waals surface area (Å²) in [5, 5.41) is 16.0. The monoisotopic (exact) mass is 483 g/mol. The zero-order valence-corrected chi connectivity index (χ0v) is 19.8. The van der Waals surface area contributed by atoms with Crippen molar-refractivity contribution in [3.63, 3.8) is 0 Å². The minimum atomic E-state index is -1.21. The van der Waals surface area contributed by atoms with Crippen LogP contribution in [0.1, 0.15) is 22.6 Å². The minimum Gasteiger partial charge on any atom is -0.468 e. The van der Waals surface area contributed by atoms with Crippen LogP contribution in [0.15, 0.2) is 53.1 Å². The Morgan fingerprint density at radius 2 is 1.91 bits per heavy atom. The molecule has 0 aliphatic carbocycles. The number of anilines is 1. The first kappa shape index (κ1) is 24.4. The van der Waals surface area contributed by atoms with E-state index in [0.29, 0.717) is 16.3 Å². The molecule has 1 heterocycles. The second-order valence-electron chi connectivity index (χ2n) is 7.53. The molecular weight excluding hydrogens is 462 g/mol. The zero-order chi connectivity index (χ0) is 24.1. The van der Waals surface area contributed by atoms with E-state index in [0.717, 1.165) is 22.9 Å². The van der Waals surface area contributed by atoms with Gasteiger partial charge in [0, 0.05) is 16.6 Å². The van der Waals surface area contributed by atoms with Gasteiger partial charge in [-0.05, 0) is 37.1 Å². The molecule has 0 spiro atoms. The maximum Gasteiger partial charge on any atom is 0.319 e. The number of hydrogen-bond donors (Lipinski definition) is 2. The number of methoxy groups -OCH3 is 1. The molecule has 2 atom stereocenters. The van der Waals surface area contributed by atoms with Crippen molar-refractivity contribution in [2.24, 2.45) is 5.92 Å². The first-order chi connectivity index (χ1) is 15.7. The van der Waals surface area contributed by atoms with Crippen LogP contribution in [0.25, 0.3) is 0 Å². The van der Waals surface area contributed by atoms with E-state index in [1.807, 2.05) is 26.0 Å². The van der Waals surface area contributed by atoms with E-state index in [1.54, 1.807) is 30.3 Å². The van der Waals surface area contributed by atoms with Crippen LogP contribution >= 0.6 is 23.4 Å². The first-order valence-corrected chi connectivity index (χ1v) is 11.4. The number of carbonyl (C=O) groups is 3. The van der Waals surface area contributed by atoms with Crippen molar-refractivity contribution in [2.75, 3.05) is 18.2 Å². The summed E-state index contributed by atoms with van der Waals surface area (Å²) in [6, 6.07) is 14.6. The molecule has 170 valence electrons. The van der Waals surface area contributed by atoms with Gasteiger partial charge in [0.2, 0.25) is 11.8 Å². The third-order valence-electron chi connectivity index (χ3n) is 5.22. The lowest BCUT2D eigenvalue weighted by Crippen LogP contribution is -2.44. The topological polar surface area (TPSA) is 108 Å². The largest absolute Gasteiger partial charge is 0.468 e. The Kier molecular flexibility index (Phi) is 7.79. The van der Waals surface area contributed by atoms with Crippen molar-refractivity contribution >= 4 is 46.8 Å². The Labute approximate surface area is 201 Å². The maximum absolute atomic E-state index is 12.8. The molecule has 0 fully saturated rings. The van der Waals surface area contributed by atoms with E-state index in [4.69, 9.17) is 16.3 Å². The molecule has 0 radical (unpaired) electrons. The summed E-state index contributed by atoms with van der Waals surface area (Å²) in [5.41, 5.74) is 3.27. The summed E-state index contributed by atoms with van der Waals surface area (Å²) in [6.45, 7) is 3.77. The van der Waals surface area contributed by atoms with Crippen LogP contribution in [0.4, 0.5) is 5.69 Å². The first-order valence-electron chi connectivity index (χ1n) is 10.0. The number of benzene rings is 2. The van der Waals surface area contributed by atoms with Gasteiger partial charge < -0.3 is 15.4 Å². The Balaban J connectivity index is 1.87. The summed E-state index contributed by atoms with van der Waals surface area (Å²) in [4.78, 5) is 37.7. The number of hydrogen-bond acceptors (Lipinski definition) is 6. The lowest BCUT2D eigenvalue weighted by atomic mass is 9.78. The Morgan fingerprint density at radius 1 is 1.21 bits per heavy atom. The predicted molar refractivity (Wildman–Crippen MR) is 127 cm³/mol. The zero-order valence-electron chi connectivity index (χ0n) is 18.3. The van der Waals surface area contributed by atoms with E-state index < -0.39 is 23.7 Å². The van der Waals surface area contributed by atoms with Gasteiger partial charge in [0.05, 0.1) is 29.5 Å². The van der Waals surface area contributed by atoms with Crippen LogP contribution in [-0.4, -0.2) is 30.6 Å². The third kappa shape index (κ3) is 5.56. The van der Waals surface area contributed by atoms with Crippen molar-refractivity contribution in [1.82, 2.24) is 5.32 Å². The highest BCUT2D eigenvalue weighted by Gasteiger charge is 2.44. The summed E-state index contributed by atoms with van der Waals surface area (Å²) < 4.78 is 4.83. The van der Waals surface area contributed by atoms with Gasteiger partial charge in [-0.25, -0.2) is 0 Å². The van der Waals surface area contributed by atoms with Gasteiger partial charge in [-0.1, -0.05) is 59.3 Å². The molecule has 2 unspecified atom stereocenters. The number of thioether (sulfide) groups is 1. The fraction of sp³-hybridized carbons (Fsp3) is 0.250. The number of amides is 2. The minimum absolute atomic E-state index is 0.0597. The number of esters is 1. The number of ether oxygens (including phenoxy) is 1. The summed E-state index contributed by atoms with van der Waals surface area (Å²) in [5.74, 6) is -3.74. The molecule has 1 aliphatic rings. The molecule has 1 aliphatic heterocycles. The summed E-state index contributed by atoms with van der Waals surface area (Å²) >= 11 is 7.12. The van der Waals surface area contributed by atoms with E-state index in [-0.39, 0.29) is 22.3 Å². The molecule has 0 bridgehead atoms. The fourth-order valence-corrected chi connectivity index (χ4v) is 4.49. The lowest BCUT2D eigenvalue weighted by Gasteiger charge is -2.31. The Bertz CT molecular complexity index is 1170. The predicted octanol–water partition coefficient (Wildman–Crippen LogP) is 4.07. The quantitative estimate of drug-likeness (QED) is 0.473. The number of aryl methyl sites for hydroxylation is 2. The number of nitrogens with zero attached hydrogens (tertiary/aromatic N) is 1. The fourth-order valence-electron chi connectivity index (χ4n) is 3.46. The molecule has 0 aromatic heterocycles. The van der Waals surface area contributed by atoms with Gasteiger partial charge in [0.25, 0.3) is 0 Å². The Morgan fingerprint density at radius 3 is 2.52 bits per heavy atom. The van der Waals surface area contributed by atoms with Gasteiger partial charge in [0.1, 0.15) is 5.92 Å². The van der Waals surface area contributed by atoms with E-state index in [9.17, 15) is 19.6 Å². The molecule has 2 N–H and O–H groups in total.